The number of pyridine rings is 1. The van der Waals surface area contributed by atoms with Crippen LogP contribution in [-0.4, -0.2) is 69.9 Å². The van der Waals surface area contributed by atoms with Crippen LogP contribution in [0.2, 0.25) is 0 Å². The Morgan fingerprint density at radius 3 is 2.56 bits per heavy atom. The second kappa shape index (κ2) is 10.7. The normalized spacial score (nSPS) is 21.1. The molecule has 3 aromatic rings. The first kappa shape index (κ1) is 26.0. The van der Waals surface area contributed by atoms with Crippen molar-refractivity contribution in [3.63, 3.8) is 0 Å². The van der Waals surface area contributed by atoms with Gasteiger partial charge in [-0.1, -0.05) is 30.0 Å². The van der Waals surface area contributed by atoms with E-state index in [1.807, 2.05) is 19.1 Å². The SMILES string of the molecule is Cc1ccc2nc(N3CCN(c4ccc(F)cc4)CC3)c(/C=C3\SC(=S)N(C[C@@H]4CCCO4)C3=O)c(=O)n2c1. The van der Waals surface area contributed by atoms with E-state index >= 15 is 0 Å². The van der Waals surface area contributed by atoms with Crippen molar-refractivity contribution in [2.75, 3.05) is 49.1 Å². The Balaban J connectivity index is 1.33. The molecule has 6 rings (SSSR count). The van der Waals surface area contributed by atoms with Crippen LogP contribution in [0.5, 0.6) is 0 Å². The van der Waals surface area contributed by atoms with E-state index in [2.05, 4.69) is 9.80 Å². The molecule has 39 heavy (non-hydrogen) atoms. The van der Waals surface area contributed by atoms with E-state index in [0.717, 1.165) is 24.1 Å². The van der Waals surface area contributed by atoms with Crippen molar-refractivity contribution in [2.24, 2.45) is 0 Å². The molecule has 11 heteroatoms. The number of hydrogen-bond donors (Lipinski definition) is 0. The van der Waals surface area contributed by atoms with E-state index < -0.39 is 0 Å². The van der Waals surface area contributed by atoms with Crippen molar-refractivity contribution in [1.29, 1.82) is 0 Å². The number of amides is 1. The van der Waals surface area contributed by atoms with Gasteiger partial charge < -0.3 is 14.5 Å². The van der Waals surface area contributed by atoms with Gasteiger partial charge in [-0.25, -0.2) is 9.37 Å². The minimum Gasteiger partial charge on any atom is -0.376 e. The number of thioether (sulfide) groups is 1. The summed E-state index contributed by atoms with van der Waals surface area (Å²) >= 11 is 6.74. The zero-order chi connectivity index (χ0) is 27.1. The standard InChI is InChI=1S/C28H28FN5O3S2/c1-18-4-9-24-30-25(32-12-10-31(11-13-32)20-7-5-19(29)6-8-20)22(26(35)33(24)16-18)15-23-27(36)34(28(38)39-23)17-21-3-2-14-37-21/h4-9,15-16,21H,2-3,10-14,17H2,1H3/b23-15-/t21-/m0/s1. The smallest absolute Gasteiger partial charge is 0.267 e. The van der Waals surface area contributed by atoms with Crippen LogP contribution in [0.25, 0.3) is 11.7 Å². The van der Waals surface area contributed by atoms with Gasteiger partial charge >= 0.3 is 0 Å². The lowest BCUT2D eigenvalue weighted by Gasteiger charge is -2.37. The molecule has 3 saturated heterocycles. The Morgan fingerprint density at radius 2 is 1.85 bits per heavy atom. The lowest BCUT2D eigenvalue weighted by Crippen LogP contribution is -2.47. The van der Waals surface area contributed by atoms with Crippen molar-refractivity contribution in [3.8, 4) is 0 Å². The number of carbonyl (C=O) groups excluding carboxylic acids is 1. The number of ether oxygens (including phenoxy) is 1. The number of fused-ring (bicyclic) bond motifs is 1. The molecule has 1 amide bonds. The average Bonchev–Trinajstić information content (AvgIpc) is 3.55. The third-order valence-electron chi connectivity index (χ3n) is 7.32. The Labute approximate surface area is 235 Å². The first-order valence-electron chi connectivity index (χ1n) is 13.0. The van der Waals surface area contributed by atoms with E-state index in [-0.39, 0.29) is 23.4 Å². The molecular weight excluding hydrogens is 537 g/mol. The number of hydrogen-bond acceptors (Lipinski definition) is 8. The first-order chi connectivity index (χ1) is 18.9. The van der Waals surface area contributed by atoms with Gasteiger partial charge in [0.1, 0.15) is 21.6 Å². The first-order valence-corrected chi connectivity index (χ1v) is 14.3. The quantitative estimate of drug-likeness (QED) is 0.342. The fourth-order valence-corrected chi connectivity index (χ4v) is 6.48. The zero-order valence-electron chi connectivity index (χ0n) is 21.5. The third-order valence-corrected chi connectivity index (χ3v) is 8.69. The predicted octanol–water partition coefficient (Wildman–Crippen LogP) is 3.85. The molecule has 5 heterocycles. The van der Waals surface area contributed by atoms with Crippen LogP contribution in [0.1, 0.15) is 24.0 Å². The number of benzene rings is 1. The summed E-state index contributed by atoms with van der Waals surface area (Å²) in [6.07, 6.45) is 5.28. The monoisotopic (exact) mass is 565 g/mol. The number of aryl methyl sites for hydroxylation is 1. The highest BCUT2D eigenvalue weighted by atomic mass is 32.2. The summed E-state index contributed by atoms with van der Waals surface area (Å²) < 4.78 is 21.1. The van der Waals surface area contributed by atoms with E-state index in [1.165, 1.54) is 28.3 Å². The molecule has 1 aromatic carbocycles. The van der Waals surface area contributed by atoms with Crippen molar-refractivity contribution in [2.45, 2.75) is 25.9 Å². The predicted molar refractivity (Wildman–Crippen MR) is 156 cm³/mol. The molecule has 3 aliphatic heterocycles. The second-order valence-electron chi connectivity index (χ2n) is 9.97. The number of nitrogens with zero attached hydrogens (tertiary/aromatic N) is 5. The molecule has 0 saturated carbocycles. The van der Waals surface area contributed by atoms with Gasteiger partial charge in [0.15, 0.2) is 0 Å². The van der Waals surface area contributed by atoms with Crippen LogP contribution in [0, 0.1) is 12.7 Å². The van der Waals surface area contributed by atoms with Crippen LogP contribution in [0.4, 0.5) is 15.9 Å². The molecule has 1 atom stereocenters. The molecule has 202 valence electrons. The van der Waals surface area contributed by atoms with Gasteiger partial charge in [-0.15, -0.1) is 0 Å². The molecule has 2 aromatic heterocycles. The summed E-state index contributed by atoms with van der Waals surface area (Å²) in [5.41, 5.74) is 2.56. The fourth-order valence-electron chi connectivity index (χ4n) is 5.22. The molecule has 3 fully saturated rings. The van der Waals surface area contributed by atoms with E-state index in [9.17, 15) is 14.0 Å². The number of thiocarbonyl (C=S) groups is 1. The molecule has 0 spiro atoms. The van der Waals surface area contributed by atoms with Crippen molar-refractivity contribution < 1.29 is 13.9 Å². The van der Waals surface area contributed by atoms with Gasteiger partial charge in [-0.2, -0.15) is 0 Å². The molecule has 0 N–H and O–H groups in total. The average molecular weight is 566 g/mol. The summed E-state index contributed by atoms with van der Waals surface area (Å²) in [6.45, 7) is 5.65. The number of halogens is 1. The molecule has 8 nitrogen and oxygen atoms in total. The summed E-state index contributed by atoms with van der Waals surface area (Å²) in [5.74, 6) is 0.0765. The van der Waals surface area contributed by atoms with Crippen LogP contribution in [-0.2, 0) is 9.53 Å². The maximum absolute atomic E-state index is 13.8. The van der Waals surface area contributed by atoms with Gasteiger partial charge in [0.25, 0.3) is 11.5 Å². The number of aromatic nitrogens is 2. The third kappa shape index (κ3) is 5.18. The molecule has 0 bridgehead atoms. The van der Waals surface area contributed by atoms with Crippen LogP contribution in [0.3, 0.4) is 0 Å². The topological polar surface area (TPSA) is 70.4 Å². The highest BCUT2D eigenvalue weighted by Gasteiger charge is 2.35. The van der Waals surface area contributed by atoms with Gasteiger partial charge in [-0.05, 0) is 61.7 Å². The summed E-state index contributed by atoms with van der Waals surface area (Å²) in [4.78, 5) is 38.3. The van der Waals surface area contributed by atoms with Crippen LogP contribution >= 0.6 is 24.0 Å². The fraction of sp³-hybridized carbons (Fsp3) is 0.357. The zero-order valence-corrected chi connectivity index (χ0v) is 23.1. The Morgan fingerprint density at radius 1 is 1.10 bits per heavy atom. The van der Waals surface area contributed by atoms with Gasteiger partial charge in [0, 0.05) is 44.7 Å². The summed E-state index contributed by atoms with van der Waals surface area (Å²) in [6, 6.07) is 10.2. The maximum atomic E-state index is 13.8. The van der Waals surface area contributed by atoms with Crippen molar-refractivity contribution in [3.05, 3.63) is 74.8 Å². The number of anilines is 2. The highest BCUT2D eigenvalue weighted by Crippen LogP contribution is 2.34. The number of carbonyl (C=O) groups is 1. The van der Waals surface area contributed by atoms with Gasteiger partial charge in [-0.3, -0.25) is 18.9 Å². The van der Waals surface area contributed by atoms with Crippen molar-refractivity contribution >= 4 is 57.4 Å². The Bertz CT molecular complexity index is 1530. The van der Waals surface area contributed by atoms with Crippen LogP contribution < -0.4 is 15.4 Å². The van der Waals surface area contributed by atoms with Gasteiger partial charge in [0.05, 0.1) is 23.1 Å². The molecule has 0 aliphatic carbocycles. The number of rotatable bonds is 5. The molecule has 0 radical (unpaired) electrons. The lowest BCUT2D eigenvalue weighted by molar-refractivity contribution is -0.123. The van der Waals surface area contributed by atoms with Crippen LogP contribution in [0.15, 0.2) is 52.3 Å². The Kier molecular flexibility index (Phi) is 7.13. The maximum Gasteiger partial charge on any atom is 0.267 e. The van der Waals surface area contributed by atoms with Gasteiger partial charge in [0.2, 0.25) is 0 Å². The van der Waals surface area contributed by atoms with Crippen molar-refractivity contribution in [1.82, 2.24) is 14.3 Å². The summed E-state index contributed by atoms with van der Waals surface area (Å²) in [5, 5.41) is 0. The second-order valence-corrected chi connectivity index (χ2v) is 11.6. The minimum atomic E-state index is -0.265. The Hall–Kier alpha value is -3.28. The largest absolute Gasteiger partial charge is 0.376 e. The van der Waals surface area contributed by atoms with E-state index in [1.54, 1.807) is 29.3 Å². The van der Waals surface area contributed by atoms with E-state index in [0.29, 0.717) is 65.6 Å². The van der Waals surface area contributed by atoms with E-state index in [4.69, 9.17) is 21.9 Å². The molecule has 3 aliphatic rings. The minimum absolute atomic E-state index is 0.0178. The molecule has 0 unspecified atom stereocenters. The lowest BCUT2D eigenvalue weighted by atomic mass is 10.2. The molecular formula is C28H28FN5O3S2. The number of piperazine rings is 1. The summed E-state index contributed by atoms with van der Waals surface area (Å²) in [7, 11) is 0. The highest BCUT2D eigenvalue weighted by molar-refractivity contribution is 8.26.